The first-order valence-corrected chi connectivity index (χ1v) is 8.26. The van der Waals surface area contributed by atoms with Gasteiger partial charge in [0.25, 0.3) is 5.91 Å². The van der Waals surface area contributed by atoms with E-state index in [4.69, 9.17) is 11.6 Å². The van der Waals surface area contributed by atoms with E-state index in [1.165, 1.54) is 12.4 Å². The van der Waals surface area contributed by atoms with E-state index in [9.17, 15) is 4.79 Å². The van der Waals surface area contributed by atoms with Gasteiger partial charge in [0.15, 0.2) is 0 Å². The standard InChI is InChI=1S/C19H17ClN4O/c1-2-24(16-9-4-3-5-10-16)19(25)17-12-22-18(13-21-17)23-15-8-6-7-14(20)11-15/h3-13H,2H2,1H3,(H,22,23). The molecule has 0 radical (unpaired) electrons. The number of amides is 1. The van der Waals surface area contributed by atoms with E-state index in [0.29, 0.717) is 23.1 Å². The van der Waals surface area contributed by atoms with Crippen LogP contribution >= 0.6 is 11.6 Å². The summed E-state index contributed by atoms with van der Waals surface area (Å²) in [7, 11) is 0. The van der Waals surface area contributed by atoms with Gasteiger partial charge in [0, 0.05) is 22.9 Å². The highest BCUT2D eigenvalue weighted by molar-refractivity contribution is 6.30. The maximum Gasteiger partial charge on any atom is 0.278 e. The summed E-state index contributed by atoms with van der Waals surface area (Å²) in [5.74, 6) is 0.358. The van der Waals surface area contributed by atoms with Gasteiger partial charge in [0.1, 0.15) is 11.5 Å². The Kier molecular flexibility index (Phi) is 5.26. The van der Waals surface area contributed by atoms with Crippen LogP contribution in [0, 0.1) is 0 Å². The van der Waals surface area contributed by atoms with Crippen LogP contribution in [0.5, 0.6) is 0 Å². The van der Waals surface area contributed by atoms with Crippen molar-refractivity contribution in [1.82, 2.24) is 9.97 Å². The molecule has 2 aromatic carbocycles. The lowest BCUT2D eigenvalue weighted by Gasteiger charge is -2.20. The predicted octanol–water partition coefficient (Wildman–Crippen LogP) is 4.54. The lowest BCUT2D eigenvalue weighted by atomic mass is 10.2. The summed E-state index contributed by atoms with van der Waals surface area (Å²) in [4.78, 5) is 22.9. The van der Waals surface area contributed by atoms with Gasteiger partial charge in [0.2, 0.25) is 0 Å². The predicted molar refractivity (Wildman–Crippen MR) is 101 cm³/mol. The van der Waals surface area contributed by atoms with Crippen LogP contribution in [-0.2, 0) is 0 Å². The number of benzene rings is 2. The highest BCUT2D eigenvalue weighted by Gasteiger charge is 2.17. The van der Waals surface area contributed by atoms with Gasteiger partial charge >= 0.3 is 0 Å². The average Bonchev–Trinajstić information content (AvgIpc) is 2.64. The lowest BCUT2D eigenvalue weighted by Crippen LogP contribution is -2.31. The largest absolute Gasteiger partial charge is 0.339 e. The molecule has 1 heterocycles. The Balaban J connectivity index is 1.76. The van der Waals surface area contributed by atoms with Gasteiger partial charge in [-0.05, 0) is 37.3 Å². The highest BCUT2D eigenvalue weighted by Crippen LogP contribution is 2.19. The number of aromatic nitrogens is 2. The summed E-state index contributed by atoms with van der Waals surface area (Å²) in [6.07, 6.45) is 3.01. The number of carbonyl (C=O) groups is 1. The Labute approximate surface area is 151 Å². The van der Waals surface area contributed by atoms with Gasteiger partial charge in [-0.25, -0.2) is 9.97 Å². The van der Waals surface area contributed by atoms with Crippen LogP contribution in [0.4, 0.5) is 17.2 Å². The molecule has 0 bridgehead atoms. The monoisotopic (exact) mass is 352 g/mol. The van der Waals surface area contributed by atoms with E-state index in [1.54, 1.807) is 17.0 Å². The molecule has 0 fully saturated rings. The van der Waals surface area contributed by atoms with Crippen molar-refractivity contribution in [2.24, 2.45) is 0 Å². The first kappa shape index (κ1) is 16.9. The van der Waals surface area contributed by atoms with E-state index >= 15 is 0 Å². The maximum atomic E-state index is 12.7. The number of hydrogen-bond acceptors (Lipinski definition) is 4. The quantitative estimate of drug-likeness (QED) is 0.732. The SMILES string of the molecule is CCN(C(=O)c1cnc(Nc2cccc(Cl)c2)cn1)c1ccccc1. The van der Waals surface area contributed by atoms with Crippen LogP contribution in [0.25, 0.3) is 0 Å². The third-order valence-electron chi connectivity index (χ3n) is 3.60. The van der Waals surface area contributed by atoms with Crippen LogP contribution in [0.15, 0.2) is 67.0 Å². The Hall–Kier alpha value is -2.92. The van der Waals surface area contributed by atoms with Crippen molar-refractivity contribution in [2.75, 3.05) is 16.8 Å². The zero-order valence-electron chi connectivity index (χ0n) is 13.7. The van der Waals surface area contributed by atoms with E-state index < -0.39 is 0 Å². The smallest absolute Gasteiger partial charge is 0.278 e. The topological polar surface area (TPSA) is 58.1 Å². The van der Waals surface area contributed by atoms with Gasteiger partial charge < -0.3 is 10.2 Å². The Bertz CT molecular complexity index is 853. The number of anilines is 3. The van der Waals surface area contributed by atoms with Gasteiger partial charge in [-0.2, -0.15) is 0 Å². The molecule has 0 aliphatic carbocycles. The van der Waals surface area contributed by atoms with Gasteiger partial charge in [-0.15, -0.1) is 0 Å². The molecular formula is C19H17ClN4O. The highest BCUT2D eigenvalue weighted by atomic mass is 35.5. The zero-order chi connectivity index (χ0) is 17.6. The maximum absolute atomic E-state index is 12.7. The Morgan fingerprint density at radius 2 is 1.88 bits per heavy atom. The molecule has 3 rings (SSSR count). The average molecular weight is 353 g/mol. The summed E-state index contributed by atoms with van der Waals surface area (Å²) >= 11 is 5.96. The third-order valence-corrected chi connectivity index (χ3v) is 3.83. The number of rotatable bonds is 5. The normalized spacial score (nSPS) is 10.3. The van der Waals surface area contributed by atoms with Crippen molar-refractivity contribution >= 4 is 34.7 Å². The minimum atomic E-state index is -0.185. The number of nitrogens with one attached hydrogen (secondary N) is 1. The van der Waals surface area contributed by atoms with Gasteiger partial charge in [-0.3, -0.25) is 4.79 Å². The van der Waals surface area contributed by atoms with Crippen molar-refractivity contribution in [2.45, 2.75) is 6.92 Å². The molecule has 1 N–H and O–H groups in total. The van der Waals surface area contributed by atoms with Crippen LogP contribution in [0.2, 0.25) is 5.02 Å². The first-order chi connectivity index (χ1) is 12.2. The number of halogens is 1. The van der Waals surface area contributed by atoms with E-state index in [1.807, 2.05) is 49.4 Å². The molecule has 0 saturated carbocycles. The molecule has 25 heavy (non-hydrogen) atoms. The molecule has 1 amide bonds. The van der Waals surface area contributed by atoms with Crippen molar-refractivity contribution in [1.29, 1.82) is 0 Å². The zero-order valence-corrected chi connectivity index (χ0v) is 14.4. The summed E-state index contributed by atoms with van der Waals surface area (Å²) in [5, 5.41) is 3.73. The Morgan fingerprint density at radius 3 is 2.52 bits per heavy atom. The number of para-hydroxylation sites is 1. The van der Waals surface area contributed by atoms with Crippen molar-refractivity contribution < 1.29 is 4.79 Å². The second-order valence-electron chi connectivity index (χ2n) is 5.31. The van der Waals surface area contributed by atoms with Crippen molar-refractivity contribution in [3.63, 3.8) is 0 Å². The molecule has 6 heteroatoms. The molecule has 1 aromatic heterocycles. The number of carbonyl (C=O) groups excluding carboxylic acids is 1. The van der Waals surface area contributed by atoms with Gasteiger partial charge in [0.05, 0.1) is 12.4 Å². The molecule has 5 nitrogen and oxygen atoms in total. The molecule has 0 unspecified atom stereocenters. The second-order valence-corrected chi connectivity index (χ2v) is 5.74. The number of nitrogens with zero attached hydrogens (tertiary/aromatic N) is 3. The summed E-state index contributed by atoms with van der Waals surface area (Å²) in [6, 6.07) is 16.8. The fraction of sp³-hybridized carbons (Fsp3) is 0.105. The minimum Gasteiger partial charge on any atom is -0.339 e. The van der Waals surface area contributed by atoms with Crippen LogP contribution in [-0.4, -0.2) is 22.4 Å². The molecule has 0 saturated heterocycles. The third kappa shape index (κ3) is 4.14. The fourth-order valence-electron chi connectivity index (χ4n) is 2.41. The first-order valence-electron chi connectivity index (χ1n) is 7.89. The molecule has 0 aliphatic heterocycles. The Morgan fingerprint density at radius 1 is 1.08 bits per heavy atom. The van der Waals surface area contributed by atoms with Crippen LogP contribution in [0.1, 0.15) is 17.4 Å². The van der Waals surface area contributed by atoms with Crippen molar-refractivity contribution in [3.05, 3.63) is 77.7 Å². The van der Waals surface area contributed by atoms with E-state index in [2.05, 4.69) is 15.3 Å². The van der Waals surface area contributed by atoms with Crippen LogP contribution in [0.3, 0.4) is 0 Å². The van der Waals surface area contributed by atoms with E-state index in [0.717, 1.165) is 11.4 Å². The molecule has 0 spiro atoms. The molecule has 0 aliphatic rings. The summed E-state index contributed by atoms with van der Waals surface area (Å²) < 4.78 is 0. The molecule has 126 valence electrons. The molecular weight excluding hydrogens is 336 g/mol. The summed E-state index contributed by atoms with van der Waals surface area (Å²) in [5.41, 5.74) is 1.93. The van der Waals surface area contributed by atoms with Crippen molar-refractivity contribution in [3.8, 4) is 0 Å². The fourth-order valence-corrected chi connectivity index (χ4v) is 2.60. The van der Waals surface area contributed by atoms with Crippen LogP contribution < -0.4 is 10.2 Å². The van der Waals surface area contributed by atoms with E-state index in [-0.39, 0.29) is 5.91 Å². The minimum absolute atomic E-state index is 0.185. The van der Waals surface area contributed by atoms with Gasteiger partial charge in [-0.1, -0.05) is 35.9 Å². The number of hydrogen-bond donors (Lipinski definition) is 1. The second kappa shape index (κ2) is 7.77. The summed E-state index contributed by atoms with van der Waals surface area (Å²) in [6.45, 7) is 2.47. The molecule has 0 atom stereocenters. The molecule has 3 aromatic rings. The lowest BCUT2D eigenvalue weighted by molar-refractivity contribution is 0.0983.